The number of sulfone groups is 2. The van der Waals surface area contributed by atoms with Crippen LogP contribution in [0.25, 0.3) is 22.2 Å². The number of fused-ring (bicyclic) bond motifs is 3. The topological polar surface area (TPSA) is 218 Å². The van der Waals surface area contributed by atoms with Crippen molar-refractivity contribution < 1.29 is 59.4 Å². The molecule has 3 heterocycles. The lowest BCUT2D eigenvalue weighted by Crippen LogP contribution is -2.36. The van der Waals surface area contributed by atoms with Gasteiger partial charge in [0.1, 0.15) is 11.6 Å². The van der Waals surface area contributed by atoms with Crippen LogP contribution < -0.4 is 4.74 Å². The van der Waals surface area contributed by atoms with Gasteiger partial charge in [0.15, 0.2) is 19.7 Å². The van der Waals surface area contributed by atoms with E-state index in [9.17, 15) is 54.7 Å². The van der Waals surface area contributed by atoms with Crippen LogP contribution in [0.2, 0.25) is 5.02 Å². The van der Waals surface area contributed by atoms with Crippen molar-refractivity contribution in [3.05, 3.63) is 178 Å². The number of carbonyl (C=O) groups excluding carboxylic acids is 4. The maximum absolute atomic E-state index is 13.3. The number of para-hydroxylation sites is 1. The molecular weight excluding hydrogens is 1030 g/mol. The summed E-state index contributed by atoms with van der Waals surface area (Å²) in [5, 5.41) is 9.92. The Morgan fingerprint density at radius 3 is 1.52 bits per heavy atom. The first-order chi connectivity index (χ1) is 35.9. The number of rotatable bonds is 17. The molecule has 7 aromatic rings. The number of aromatic nitrogens is 2. The lowest BCUT2D eigenvalue weighted by Gasteiger charge is -2.22. The van der Waals surface area contributed by atoms with Gasteiger partial charge < -0.3 is 14.8 Å². The third-order valence-corrected chi connectivity index (χ3v) is 17.8. The highest BCUT2D eigenvalue weighted by atomic mass is 35.5. The first-order valence-corrected chi connectivity index (χ1v) is 27.6. The molecule has 2 atom stereocenters. The Labute approximate surface area is 433 Å². The van der Waals surface area contributed by atoms with E-state index in [0.29, 0.717) is 50.2 Å². The number of carbonyl (C=O) groups is 5. The van der Waals surface area contributed by atoms with Gasteiger partial charge in [-0.05, 0) is 115 Å². The summed E-state index contributed by atoms with van der Waals surface area (Å²) >= 11 is 6.63. The summed E-state index contributed by atoms with van der Waals surface area (Å²) in [6, 6.07) is 34.6. The lowest BCUT2D eigenvalue weighted by molar-refractivity contribution is -0.139. The number of imidazole rings is 1. The van der Waals surface area contributed by atoms with Crippen LogP contribution in [0.5, 0.6) is 5.75 Å². The Bertz CT molecular complexity index is 3610. The van der Waals surface area contributed by atoms with Gasteiger partial charge in [-0.3, -0.25) is 33.8 Å². The number of alkyl halides is 2. The molecule has 0 spiro atoms. The number of aromatic amines is 1. The summed E-state index contributed by atoms with van der Waals surface area (Å²) in [7, 11) is -6.86. The smallest absolute Gasteiger partial charge is 0.387 e. The van der Waals surface area contributed by atoms with E-state index >= 15 is 0 Å². The summed E-state index contributed by atoms with van der Waals surface area (Å²) < 4.78 is 81.6. The van der Waals surface area contributed by atoms with Gasteiger partial charge in [0.25, 0.3) is 23.6 Å². The van der Waals surface area contributed by atoms with E-state index in [1.807, 2.05) is 0 Å². The van der Waals surface area contributed by atoms with E-state index in [-0.39, 0.29) is 68.1 Å². The molecule has 2 unspecified atom stereocenters. The summed E-state index contributed by atoms with van der Waals surface area (Å²) in [4.78, 5) is 74.1. The number of ether oxygens (including phenoxy) is 1. The zero-order valence-corrected chi connectivity index (χ0v) is 42.0. The third kappa shape index (κ3) is 10.6. The van der Waals surface area contributed by atoms with Crippen LogP contribution in [-0.2, 0) is 24.5 Å². The van der Waals surface area contributed by atoms with E-state index in [4.69, 9.17) is 21.3 Å². The van der Waals surface area contributed by atoms with E-state index in [1.54, 1.807) is 91.0 Å². The standard InChI is InChI=1S/C34H26ClF2N3O5S.C21H19NO6S/c35-27-16-29-28(15-25(27)22-5-3-4-8-30(22)45-34(36)37)38-31(39-29)26(17-40-32(41)23-6-1-2-7-24(23)33(40)42)20-11-13-21(14-12-20)46(43,44)18-19-9-10-19;23-19-16-3-1-2-4-17(16)20(24)22(19)11-18(21(25)26)14-7-9-15(10-8-14)29(27,28)12-13-5-6-13/h1-8,11-16,19,26,34H,9-10,17-18H2,(H,38,39);1-4,7-10,13,18H,5-6,11-12H2,(H,25,26). The zero-order valence-electron chi connectivity index (χ0n) is 39.6. The quantitative estimate of drug-likeness (QED) is 0.0815. The molecule has 15 nitrogen and oxygen atoms in total. The number of carboxylic acids is 1. The van der Waals surface area contributed by atoms with Crippen molar-refractivity contribution in [1.29, 1.82) is 0 Å². The molecule has 20 heteroatoms. The summed E-state index contributed by atoms with van der Waals surface area (Å²) in [5.74, 6) is -4.02. The normalized spacial score (nSPS) is 16.2. The Hall–Kier alpha value is -7.61. The number of carboxylic acid groups (broad SMARTS) is 1. The third-order valence-electron chi connectivity index (χ3n) is 13.7. The summed E-state index contributed by atoms with van der Waals surface area (Å²) in [6.45, 7) is -3.43. The van der Waals surface area contributed by atoms with Crippen LogP contribution in [0.1, 0.15) is 95.9 Å². The molecule has 6 aromatic carbocycles. The number of amides is 4. The van der Waals surface area contributed by atoms with Crippen LogP contribution in [-0.4, -0.2) is 103 Å². The fraction of sp³-hybridized carbons (Fsp3) is 0.236. The highest BCUT2D eigenvalue weighted by Gasteiger charge is 2.40. The highest BCUT2D eigenvalue weighted by Crippen LogP contribution is 2.40. The van der Waals surface area contributed by atoms with Crippen LogP contribution in [0.15, 0.2) is 143 Å². The molecule has 2 N–H and O–H groups in total. The number of H-pyrrole nitrogens is 1. The second kappa shape index (κ2) is 20.3. The van der Waals surface area contributed by atoms with Gasteiger partial charge in [0, 0.05) is 24.2 Å². The number of imide groups is 2. The van der Waals surface area contributed by atoms with Gasteiger partial charge in [-0.15, -0.1) is 0 Å². The van der Waals surface area contributed by atoms with Gasteiger partial charge >= 0.3 is 12.6 Å². The molecule has 2 aliphatic heterocycles. The number of nitrogens with zero attached hydrogens (tertiary/aromatic N) is 3. The second-order valence-electron chi connectivity index (χ2n) is 18.9. The molecule has 2 fully saturated rings. The number of aliphatic carboxylic acids is 1. The first kappa shape index (κ1) is 50.9. The lowest BCUT2D eigenvalue weighted by atomic mass is 9.97. The minimum atomic E-state index is -3.46. The van der Waals surface area contributed by atoms with Crippen molar-refractivity contribution in [2.24, 2.45) is 11.8 Å². The zero-order chi connectivity index (χ0) is 52.9. The monoisotopic (exact) mass is 1070 g/mol. The van der Waals surface area contributed by atoms with Crippen molar-refractivity contribution in [1.82, 2.24) is 19.8 Å². The Morgan fingerprint density at radius 1 is 0.627 bits per heavy atom. The fourth-order valence-electron chi connectivity index (χ4n) is 9.36. The van der Waals surface area contributed by atoms with Crippen LogP contribution in [0.3, 0.4) is 0 Å². The van der Waals surface area contributed by atoms with Gasteiger partial charge in [-0.2, -0.15) is 8.78 Å². The minimum absolute atomic E-state index is 0.0465. The molecule has 0 radical (unpaired) electrons. The van der Waals surface area contributed by atoms with E-state index in [0.717, 1.165) is 35.5 Å². The molecule has 2 aliphatic carbocycles. The van der Waals surface area contributed by atoms with E-state index in [1.165, 1.54) is 42.5 Å². The van der Waals surface area contributed by atoms with Crippen molar-refractivity contribution in [3.63, 3.8) is 0 Å². The molecule has 75 heavy (non-hydrogen) atoms. The number of hydrogen-bond acceptors (Lipinski definition) is 11. The molecular formula is C55H45ClF2N4O11S2. The average Bonchev–Trinajstić information content (AvgIpc) is 4.33. The highest BCUT2D eigenvalue weighted by molar-refractivity contribution is 7.91. The van der Waals surface area contributed by atoms with Gasteiger partial charge in [0.2, 0.25) is 0 Å². The molecule has 11 rings (SSSR count). The predicted molar refractivity (Wildman–Crippen MR) is 271 cm³/mol. The Balaban J connectivity index is 0.000000190. The van der Waals surface area contributed by atoms with Crippen molar-refractivity contribution >= 4 is 71.9 Å². The Kier molecular flexibility index (Phi) is 13.7. The number of halogens is 3. The minimum Gasteiger partial charge on any atom is -0.481 e. The molecule has 0 bridgehead atoms. The fourth-order valence-corrected chi connectivity index (χ4v) is 13.0. The number of hydrogen-bond donors (Lipinski definition) is 2. The maximum atomic E-state index is 13.3. The molecule has 2 saturated carbocycles. The molecule has 4 aliphatic rings. The van der Waals surface area contributed by atoms with Crippen molar-refractivity contribution in [3.8, 4) is 16.9 Å². The molecule has 0 saturated heterocycles. The van der Waals surface area contributed by atoms with E-state index < -0.39 is 67.7 Å². The molecule has 384 valence electrons. The van der Waals surface area contributed by atoms with Gasteiger partial charge in [-0.25, -0.2) is 21.8 Å². The number of nitrogens with one attached hydrogen (secondary N) is 1. The average molecular weight is 1080 g/mol. The van der Waals surface area contributed by atoms with Gasteiger partial charge in [-0.1, -0.05) is 78.3 Å². The van der Waals surface area contributed by atoms with Crippen LogP contribution >= 0.6 is 11.6 Å². The predicted octanol–water partition coefficient (Wildman–Crippen LogP) is 9.43. The van der Waals surface area contributed by atoms with Crippen molar-refractivity contribution in [2.75, 3.05) is 24.6 Å². The molecule has 4 amide bonds. The summed E-state index contributed by atoms with van der Waals surface area (Å²) in [5.41, 5.74) is 3.84. The van der Waals surface area contributed by atoms with Crippen molar-refractivity contribution in [2.45, 2.75) is 53.9 Å². The second-order valence-corrected chi connectivity index (χ2v) is 23.4. The van der Waals surface area contributed by atoms with Gasteiger partial charge in [0.05, 0.1) is 71.4 Å². The van der Waals surface area contributed by atoms with Crippen LogP contribution in [0.4, 0.5) is 8.78 Å². The first-order valence-electron chi connectivity index (χ1n) is 23.9. The Morgan fingerprint density at radius 2 is 1.07 bits per heavy atom. The largest absolute Gasteiger partial charge is 0.481 e. The molecule has 1 aromatic heterocycles. The maximum Gasteiger partial charge on any atom is 0.387 e. The van der Waals surface area contributed by atoms with E-state index in [2.05, 4.69) is 4.98 Å². The SMILES string of the molecule is O=C(O)C(CN1C(=O)c2ccccc2C1=O)c1ccc(S(=O)(=O)CC2CC2)cc1.O=C1c2ccccc2C(=O)N1CC(c1ccc(S(=O)(=O)CC2CC2)cc1)c1nc2cc(-c3ccccc3OC(F)F)c(Cl)cc2[nH]1. The summed E-state index contributed by atoms with van der Waals surface area (Å²) in [6.07, 6.45) is 3.64. The number of benzene rings is 6. The van der Waals surface area contributed by atoms with Crippen LogP contribution in [0, 0.1) is 11.8 Å².